The molecule has 0 spiro atoms. The van der Waals surface area contributed by atoms with Gasteiger partial charge in [-0.05, 0) is 31.2 Å². The first kappa shape index (κ1) is 16.8. The molecule has 0 aliphatic heterocycles. The van der Waals surface area contributed by atoms with Crippen LogP contribution in [0.4, 0.5) is 17.6 Å². The maximum atomic E-state index is 13.6. The number of aromatic nitrogens is 3. The van der Waals surface area contributed by atoms with E-state index in [4.69, 9.17) is 0 Å². The summed E-state index contributed by atoms with van der Waals surface area (Å²) >= 11 is 0. The van der Waals surface area contributed by atoms with Crippen LogP contribution in [0, 0.1) is 12.7 Å². The number of ketones is 1. The summed E-state index contributed by atoms with van der Waals surface area (Å²) in [6.45, 7) is 1.54. The molecule has 0 saturated heterocycles. The van der Waals surface area contributed by atoms with Gasteiger partial charge < -0.3 is 0 Å². The largest absolute Gasteiger partial charge is 0.416 e. The van der Waals surface area contributed by atoms with Crippen molar-refractivity contribution in [2.75, 3.05) is 0 Å². The minimum Gasteiger partial charge on any atom is -0.287 e. The van der Waals surface area contributed by atoms with Crippen LogP contribution >= 0.6 is 0 Å². The van der Waals surface area contributed by atoms with Crippen LogP contribution in [0.1, 0.15) is 27.2 Å². The highest BCUT2D eigenvalue weighted by molar-refractivity contribution is 6.07. The van der Waals surface area contributed by atoms with Crippen molar-refractivity contribution in [2.24, 2.45) is 0 Å². The second-order valence-electron chi connectivity index (χ2n) is 5.34. The fourth-order valence-electron chi connectivity index (χ4n) is 2.31. The number of hydrogen-bond acceptors (Lipinski definition) is 3. The SMILES string of the molecule is Cc1c(F)cccc1-n1cc(C(=O)c2cccc(C(F)(F)F)c2)nn1. The van der Waals surface area contributed by atoms with Gasteiger partial charge in [0, 0.05) is 11.1 Å². The van der Waals surface area contributed by atoms with Crippen LogP contribution in [0.2, 0.25) is 0 Å². The zero-order chi connectivity index (χ0) is 18.2. The number of rotatable bonds is 3. The zero-order valence-corrected chi connectivity index (χ0v) is 12.9. The average Bonchev–Trinajstić information content (AvgIpc) is 3.06. The Kier molecular flexibility index (Phi) is 4.12. The van der Waals surface area contributed by atoms with Gasteiger partial charge in [0.1, 0.15) is 5.82 Å². The van der Waals surface area contributed by atoms with Crippen molar-refractivity contribution in [1.29, 1.82) is 0 Å². The third-order valence-electron chi connectivity index (χ3n) is 3.66. The molecule has 4 nitrogen and oxygen atoms in total. The van der Waals surface area contributed by atoms with E-state index in [1.54, 1.807) is 13.0 Å². The highest BCUT2D eigenvalue weighted by atomic mass is 19.4. The quantitative estimate of drug-likeness (QED) is 0.531. The minimum atomic E-state index is -4.55. The summed E-state index contributed by atoms with van der Waals surface area (Å²) in [7, 11) is 0. The second-order valence-corrected chi connectivity index (χ2v) is 5.34. The van der Waals surface area contributed by atoms with Gasteiger partial charge in [0.2, 0.25) is 5.78 Å². The molecule has 0 N–H and O–H groups in total. The summed E-state index contributed by atoms with van der Waals surface area (Å²) in [5, 5.41) is 7.45. The van der Waals surface area contributed by atoms with Crippen LogP contribution in [0.3, 0.4) is 0 Å². The lowest BCUT2D eigenvalue weighted by Crippen LogP contribution is -2.08. The van der Waals surface area contributed by atoms with Gasteiger partial charge in [0.25, 0.3) is 0 Å². The summed E-state index contributed by atoms with van der Waals surface area (Å²) < 4.78 is 53.1. The monoisotopic (exact) mass is 349 g/mol. The molecule has 0 aliphatic rings. The van der Waals surface area contributed by atoms with E-state index >= 15 is 0 Å². The molecule has 2 aromatic carbocycles. The Morgan fingerprint density at radius 3 is 2.56 bits per heavy atom. The summed E-state index contributed by atoms with van der Waals surface area (Å²) in [5.74, 6) is -1.15. The normalized spacial score (nSPS) is 11.6. The molecular weight excluding hydrogens is 338 g/mol. The molecule has 0 atom stereocenters. The number of halogens is 4. The number of benzene rings is 2. The van der Waals surface area contributed by atoms with E-state index in [0.29, 0.717) is 11.3 Å². The fourth-order valence-corrected chi connectivity index (χ4v) is 2.31. The van der Waals surface area contributed by atoms with Crippen LogP contribution in [-0.4, -0.2) is 20.8 Å². The topological polar surface area (TPSA) is 47.8 Å². The molecule has 0 radical (unpaired) electrons. The van der Waals surface area contributed by atoms with Crippen molar-refractivity contribution >= 4 is 5.78 Å². The predicted octanol–water partition coefficient (Wildman–Crippen LogP) is 3.96. The molecule has 3 rings (SSSR count). The van der Waals surface area contributed by atoms with Gasteiger partial charge in [-0.25, -0.2) is 9.07 Å². The van der Waals surface area contributed by atoms with Crippen molar-refractivity contribution in [3.8, 4) is 5.69 Å². The standard InChI is InChI=1S/C17H11F4N3O/c1-10-13(18)6-3-7-15(10)24-9-14(22-23-24)16(25)11-4-2-5-12(8-11)17(19,20)21/h2-9H,1H3. The maximum Gasteiger partial charge on any atom is 0.416 e. The Morgan fingerprint density at radius 2 is 1.84 bits per heavy atom. The molecule has 0 bridgehead atoms. The molecule has 1 heterocycles. The van der Waals surface area contributed by atoms with Crippen molar-refractivity contribution in [2.45, 2.75) is 13.1 Å². The third kappa shape index (κ3) is 3.28. The first-order valence-electron chi connectivity index (χ1n) is 7.17. The smallest absolute Gasteiger partial charge is 0.287 e. The highest BCUT2D eigenvalue weighted by Gasteiger charge is 2.31. The summed E-state index contributed by atoms with van der Waals surface area (Å²) in [6.07, 6.45) is -3.29. The molecule has 0 amide bonds. The first-order chi connectivity index (χ1) is 11.8. The van der Waals surface area contributed by atoms with Crippen molar-refractivity contribution in [1.82, 2.24) is 15.0 Å². The van der Waals surface area contributed by atoms with Crippen LogP contribution in [0.25, 0.3) is 5.69 Å². The van der Waals surface area contributed by atoms with Crippen LogP contribution in [0.15, 0.2) is 48.7 Å². The van der Waals surface area contributed by atoms with E-state index in [9.17, 15) is 22.4 Å². The third-order valence-corrected chi connectivity index (χ3v) is 3.66. The van der Waals surface area contributed by atoms with Crippen molar-refractivity contribution < 1.29 is 22.4 Å². The lowest BCUT2D eigenvalue weighted by Gasteiger charge is -2.07. The van der Waals surface area contributed by atoms with E-state index in [-0.39, 0.29) is 11.3 Å². The van der Waals surface area contributed by atoms with Crippen LogP contribution in [0.5, 0.6) is 0 Å². The summed E-state index contributed by atoms with van der Waals surface area (Å²) in [5.41, 5.74) is -0.520. The average molecular weight is 349 g/mol. The number of nitrogens with zero attached hydrogens (tertiary/aromatic N) is 3. The molecule has 0 aliphatic carbocycles. The molecule has 3 aromatic rings. The highest BCUT2D eigenvalue weighted by Crippen LogP contribution is 2.30. The molecule has 0 unspecified atom stereocenters. The molecule has 1 aromatic heterocycles. The molecule has 0 fully saturated rings. The van der Waals surface area contributed by atoms with E-state index < -0.39 is 23.3 Å². The van der Waals surface area contributed by atoms with Gasteiger partial charge in [-0.3, -0.25) is 4.79 Å². The van der Waals surface area contributed by atoms with E-state index in [1.807, 2.05) is 0 Å². The summed E-state index contributed by atoms with van der Waals surface area (Å²) in [6, 6.07) is 8.41. The fraction of sp³-hybridized carbons (Fsp3) is 0.118. The van der Waals surface area contributed by atoms with Gasteiger partial charge in [-0.2, -0.15) is 13.2 Å². The molecule has 128 valence electrons. The van der Waals surface area contributed by atoms with E-state index in [0.717, 1.165) is 18.2 Å². The molecule has 8 heteroatoms. The summed E-state index contributed by atoms with van der Waals surface area (Å²) in [4.78, 5) is 12.4. The van der Waals surface area contributed by atoms with Crippen LogP contribution in [-0.2, 0) is 6.18 Å². The number of hydrogen-bond donors (Lipinski definition) is 0. The maximum absolute atomic E-state index is 13.6. The molecular formula is C17H11F4N3O. The molecule has 25 heavy (non-hydrogen) atoms. The Morgan fingerprint density at radius 1 is 1.12 bits per heavy atom. The Hall–Kier alpha value is -3.03. The molecule has 0 saturated carbocycles. The lowest BCUT2D eigenvalue weighted by atomic mass is 10.1. The van der Waals surface area contributed by atoms with Gasteiger partial charge >= 0.3 is 6.18 Å². The van der Waals surface area contributed by atoms with Gasteiger partial charge in [0.05, 0.1) is 17.4 Å². The Bertz CT molecular complexity index is 947. The number of carbonyl (C=O) groups excluding carboxylic acids is 1. The van der Waals surface area contributed by atoms with Crippen molar-refractivity contribution in [3.63, 3.8) is 0 Å². The van der Waals surface area contributed by atoms with E-state index in [2.05, 4.69) is 10.3 Å². The van der Waals surface area contributed by atoms with Crippen LogP contribution < -0.4 is 0 Å². The van der Waals surface area contributed by atoms with Gasteiger partial charge in [0.15, 0.2) is 5.69 Å². The second kappa shape index (κ2) is 6.12. The number of alkyl halides is 3. The number of carbonyl (C=O) groups is 1. The zero-order valence-electron chi connectivity index (χ0n) is 12.9. The van der Waals surface area contributed by atoms with E-state index in [1.165, 1.54) is 29.1 Å². The first-order valence-corrected chi connectivity index (χ1v) is 7.17. The van der Waals surface area contributed by atoms with Gasteiger partial charge in [-0.1, -0.05) is 23.4 Å². The Labute approximate surface area is 139 Å². The lowest BCUT2D eigenvalue weighted by molar-refractivity contribution is -0.137. The van der Waals surface area contributed by atoms with Gasteiger partial charge in [-0.15, -0.1) is 5.10 Å². The van der Waals surface area contributed by atoms with Crippen molar-refractivity contribution in [3.05, 3.63) is 76.9 Å². The Balaban J connectivity index is 1.95. The minimum absolute atomic E-state index is 0.136. The predicted molar refractivity (Wildman–Crippen MR) is 80.9 cm³/mol.